The van der Waals surface area contributed by atoms with Crippen molar-refractivity contribution >= 4 is 28.7 Å². The van der Waals surface area contributed by atoms with Crippen molar-refractivity contribution in [2.75, 3.05) is 10.6 Å². The molecule has 0 atom stereocenters. The van der Waals surface area contributed by atoms with Crippen molar-refractivity contribution in [2.45, 2.75) is 33.9 Å². The third-order valence-electron chi connectivity index (χ3n) is 3.89. The van der Waals surface area contributed by atoms with Crippen molar-refractivity contribution in [1.29, 1.82) is 0 Å². The molecule has 7 heteroatoms. The van der Waals surface area contributed by atoms with Crippen LogP contribution >= 0.6 is 12.2 Å². The molecule has 0 aliphatic heterocycles. The molecule has 6 nitrogen and oxygen atoms in total. The molecule has 130 valence electrons. The summed E-state index contributed by atoms with van der Waals surface area (Å²) in [6, 6.07) is 6.24. The van der Waals surface area contributed by atoms with Crippen LogP contribution in [0, 0.1) is 13.8 Å². The lowest BCUT2D eigenvalue weighted by Gasteiger charge is -2.12. The molecule has 3 aromatic rings. The Kier molecular flexibility index (Phi) is 5.14. The standard InChI is InChI=1S/C18H22N6S/c1-4-23-10-15(8-19-23)11-24-12-16(9-20-24)21-18(25)22-17-7-13(2)5-6-14(17)3/h5-10,12H,4,11H2,1-3H3,(H2,21,22,25). The number of hydrogen-bond donors (Lipinski definition) is 2. The average molecular weight is 354 g/mol. The summed E-state index contributed by atoms with van der Waals surface area (Å²) in [5.74, 6) is 0. The Hall–Kier alpha value is -2.67. The Labute approximate surface area is 152 Å². The van der Waals surface area contributed by atoms with Gasteiger partial charge in [0, 0.05) is 30.2 Å². The summed E-state index contributed by atoms with van der Waals surface area (Å²) in [4.78, 5) is 0. The Bertz CT molecular complexity index is 879. The van der Waals surface area contributed by atoms with E-state index in [9.17, 15) is 0 Å². The molecule has 1 aromatic carbocycles. The highest BCUT2D eigenvalue weighted by molar-refractivity contribution is 7.80. The van der Waals surface area contributed by atoms with E-state index < -0.39 is 0 Å². The van der Waals surface area contributed by atoms with E-state index >= 15 is 0 Å². The minimum absolute atomic E-state index is 0.548. The van der Waals surface area contributed by atoms with E-state index in [0.717, 1.165) is 29.0 Å². The highest BCUT2D eigenvalue weighted by Gasteiger charge is 2.05. The predicted octanol–water partition coefficient (Wildman–Crippen LogP) is 3.57. The molecule has 0 spiro atoms. The zero-order valence-corrected chi connectivity index (χ0v) is 15.5. The van der Waals surface area contributed by atoms with Gasteiger partial charge in [0.2, 0.25) is 0 Å². The van der Waals surface area contributed by atoms with E-state index in [0.29, 0.717) is 11.7 Å². The molecule has 0 amide bonds. The van der Waals surface area contributed by atoms with Crippen LogP contribution in [0.3, 0.4) is 0 Å². The topological polar surface area (TPSA) is 59.7 Å². The summed E-state index contributed by atoms with van der Waals surface area (Å²) < 4.78 is 3.76. The van der Waals surface area contributed by atoms with Crippen LogP contribution < -0.4 is 10.6 Å². The lowest BCUT2D eigenvalue weighted by Crippen LogP contribution is -2.19. The zero-order valence-electron chi connectivity index (χ0n) is 14.7. The molecule has 0 fully saturated rings. The van der Waals surface area contributed by atoms with Gasteiger partial charge in [-0.1, -0.05) is 12.1 Å². The number of aromatic nitrogens is 4. The smallest absolute Gasteiger partial charge is 0.175 e. The van der Waals surface area contributed by atoms with E-state index in [4.69, 9.17) is 12.2 Å². The van der Waals surface area contributed by atoms with Gasteiger partial charge in [-0.2, -0.15) is 10.2 Å². The molecule has 0 radical (unpaired) electrons. The van der Waals surface area contributed by atoms with Gasteiger partial charge >= 0.3 is 0 Å². The molecule has 0 unspecified atom stereocenters. The molecule has 0 aliphatic rings. The monoisotopic (exact) mass is 354 g/mol. The highest BCUT2D eigenvalue weighted by atomic mass is 32.1. The second kappa shape index (κ2) is 7.48. The molecule has 25 heavy (non-hydrogen) atoms. The fourth-order valence-electron chi connectivity index (χ4n) is 2.52. The van der Waals surface area contributed by atoms with Crippen LogP contribution in [0.15, 0.2) is 43.0 Å². The summed E-state index contributed by atoms with van der Waals surface area (Å²) >= 11 is 5.41. The third-order valence-corrected chi connectivity index (χ3v) is 4.09. The van der Waals surface area contributed by atoms with Gasteiger partial charge in [0.05, 0.1) is 24.6 Å². The first-order chi connectivity index (χ1) is 12.0. The molecular weight excluding hydrogens is 332 g/mol. The maximum atomic E-state index is 5.41. The minimum atomic E-state index is 0.548. The molecule has 3 rings (SSSR count). The van der Waals surface area contributed by atoms with Gasteiger partial charge in [0.15, 0.2) is 5.11 Å². The Balaban J connectivity index is 1.60. The number of aryl methyl sites for hydroxylation is 3. The van der Waals surface area contributed by atoms with Crippen molar-refractivity contribution in [3.63, 3.8) is 0 Å². The van der Waals surface area contributed by atoms with Crippen molar-refractivity contribution in [3.8, 4) is 0 Å². The van der Waals surface area contributed by atoms with Gasteiger partial charge in [-0.05, 0) is 50.2 Å². The summed E-state index contributed by atoms with van der Waals surface area (Å²) in [7, 11) is 0. The van der Waals surface area contributed by atoms with Crippen LogP contribution in [0.25, 0.3) is 0 Å². The van der Waals surface area contributed by atoms with Crippen LogP contribution in [-0.4, -0.2) is 24.7 Å². The van der Waals surface area contributed by atoms with Gasteiger partial charge in [-0.3, -0.25) is 9.36 Å². The summed E-state index contributed by atoms with van der Waals surface area (Å²) in [6.45, 7) is 7.73. The Morgan fingerprint density at radius 3 is 2.64 bits per heavy atom. The lowest BCUT2D eigenvalue weighted by molar-refractivity contribution is 0.654. The maximum Gasteiger partial charge on any atom is 0.175 e. The van der Waals surface area contributed by atoms with Crippen LogP contribution in [0.4, 0.5) is 11.4 Å². The summed E-state index contributed by atoms with van der Waals surface area (Å²) in [5, 5.41) is 15.6. The molecule has 0 saturated carbocycles. The predicted molar refractivity (Wildman–Crippen MR) is 105 cm³/mol. The molecule has 2 heterocycles. The maximum absolute atomic E-state index is 5.41. The number of thiocarbonyl (C=S) groups is 1. The lowest BCUT2D eigenvalue weighted by atomic mass is 10.1. The van der Waals surface area contributed by atoms with Crippen LogP contribution in [0.2, 0.25) is 0 Å². The average Bonchev–Trinajstić information content (AvgIpc) is 3.20. The molecule has 0 bridgehead atoms. The van der Waals surface area contributed by atoms with Crippen molar-refractivity contribution in [2.24, 2.45) is 0 Å². The molecule has 0 aliphatic carbocycles. The van der Waals surface area contributed by atoms with E-state index in [2.05, 4.69) is 59.8 Å². The number of rotatable bonds is 5. The highest BCUT2D eigenvalue weighted by Crippen LogP contribution is 2.17. The first-order valence-corrected chi connectivity index (χ1v) is 8.63. The van der Waals surface area contributed by atoms with Gasteiger partial charge in [-0.25, -0.2) is 0 Å². The van der Waals surface area contributed by atoms with Crippen LogP contribution in [-0.2, 0) is 13.1 Å². The number of anilines is 2. The Morgan fingerprint density at radius 2 is 1.88 bits per heavy atom. The van der Waals surface area contributed by atoms with Crippen LogP contribution in [0.1, 0.15) is 23.6 Å². The van der Waals surface area contributed by atoms with E-state index in [1.165, 1.54) is 5.56 Å². The number of nitrogens with zero attached hydrogens (tertiary/aromatic N) is 4. The van der Waals surface area contributed by atoms with E-state index in [1.54, 1.807) is 6.20 Å². The van der Waals surface area contributed by atoms with Crippen molar-refractivity contribution in [3.05, 3.63) is 59.7 Å². The SMILES string of the molecule is CCn1cc(Cn2cc(NC(=S)Nc3cc(C)ccc3C)cn2)cn1. The summed E-state index contributed by atoms with van der Waals surface area (Å²) in [6.07, 6.45) is 7.59. The molecule has 2 aromatic heterocycles. The van der Waals surface area contributed by atoms with Gasteiger partial charge in [0.1, 0.15) is 0 Å². The number of benzene rings is 1. The van der Waals surface area contributed by atoms with Crippen molar-refractivity contribution in [1.82, 2.24) is 19.6 Å². The fourth-order valence-corrected chi connectivity index (χ4v) is 2.75. The zero-order chi connectivity index (χ0) is 17.8. The second-order valence-corrected chi connectivity index (χ2v) is 6.44. The summed E-state index contributed by atoms with van der Waals surface area (Å²) in [5.41, 5.74) is 5.32. The normalized spacial score (nSPS) is 10.7. The van der Waals surface area contributed by atoms with E-state index in [-0.39, 0.29) is 0 Å². The molecule has 0 saturated heterocycles. The molecular formula is C18H22N6S. The fraction of sp³-hybridized carbons (Fsp3) is 0.278. The first-order valence-electron chi connectivity index (χ1n) is 8.22. The Morgan fingerprint density at radius 1 is 1.08 bits per heavy atom. The first kappa shape index (κ1) is 17.2. The number of nitrogens with one attached hydrogen (secondary N) is 2. The largest absolute Gasteiger partial charge is 0.332 e. The quantitative estimate of drug-likeness (QED) is 0.686. The van der Waals surface area contributed by atoms with Gasteiger partial charge < -0.3 is 10.6 Å². The second-order valence-electron chi connectivity index (χ2n) is 6.03. The number of hydrogen-bond acceptors (Lipinski definition) is 3. The third kappa shape index (κ3) is 4.45. The van der Waals surface area contributed by atoms with Crippen LogP contribution in [0.5, 0.6) is 0 Å². The van der Waals surface area contributed by atoms with Gasteiger partial charge in [-0.15, -0.1) is 0 Å². The molecule has 2 N–H and O–H groups in total. The van der Waals surface area contributed by atoms with Gasteiger partial charge in [0.25, 0.3) is 0 Å². The van der Waals surface area contributed by atoms with E-state index in [1.807, 2.05) is 28.0 Å². The minimum Gasteiger partial charge on any atom is -0.332 e. The van der Waals surface area contributed by atoms with Crippen molar-refractivity contribution < 1.29 is 0 Å².